The van der Waals surface area contributed by atoms with Gasteiger partial charge in [0.2, 0.25) is 0 Å². The molecule has 0 spiro atoms. The topological polar surface area (TPSA) is 61.5 Å². The number of methoxy groups -OCH3 is 1. The molecular weight excluding hydrogens is 146 g/mol. The first-order chi connectivity index (χ1) is 5.07. The summed E-state index contributed by atoms with van der Waals surface area (Å²) in [4.78, 5) is 10.4. The first-order valence-corrected chi connectivity index (χ1v) is 3.54. The van der Waals surface area contributed by atoms with Crippen LogP contribution in [0.1, 0.15) is 13.8 Å². The lowest BCUT2D eigenvalue weighted by atomic mass is 10.1. The van der Waals surface area contributed by atoms with Gasteiger partial charge < -0.3 is 15.2 Å². The molecule has 4 heteroatoms. The van der Waals surface area contributed by atoms with Gasteiger partial charge in [-0.25, -0.2) is 4.79 Å². The molecule has 0 radical (unpaired) electrons. The van der Waals surface area contributed by atoms with E-state index < -0.39 is 6.16 Å². The van der Waals surface area contributed by atoms with Gasteiger partial charge in [0.25, 0.3) is 0 Å². The highest BCUT2D eigenvalue weighted by molar-refractivity contribution is 5.59. The van der Waals surface area contributed by atoms with Crippen LogP contribution in [0.15, 0.2) is 0 Å². The lowest BCUT2D eigenvalue weighted by Gasteiger charge is -2.14. The smallest absolute Gasteiger partial charge is 0.438 e. The van der Waals surface area contributed by atoms with Crippen molar-refractivity contribution in [2.75, 3.05) is 13.7 Å². The summed E-state index contributed by atoms with van der Waals surface area (Å²) < 4.78 is 8.89. The highest BCUT2D eigenvalue weighted by atomic mass is 16.7. The van der Waals surface area contributed by atoms with E-state index in [0.29, 0.717) is 5.92 Å². The van der Waals surface area contributed by atoms with Gasteiger partial charge in [-0.05, 0) is 5.92 Å². The van der Waals surface area contributed by atoms with Crippen LogP contribution in [0.5, 0.6) is 0 Å². The van der Waals surface area contributed by atoms with Crippen LogP contribution in [0, 0.1) is 5.92 Å². The SMILES string of the molecule is COC(=O)OCC(N)C(C)C. The molecule has 0 amide bonds. The van der Waals surface area contributed by atoms with Crippen molar-refractivity contribution in [2.24, 2.45) is 11.7 Å². The minimum atomic E-state index is -0.680. The quantitative estimate of drug-likeness (QED) is 0.620. The Kier molecular flexibility index (Phi) is 4.61. The molecule has 1 unspecified atom stereocenters. The van der Waals surface area contributed by atoms with Gasteiger partial charge in [-0.1, -0.05) is 13.8 Å². The molecule has 0 saturated carbocycles. The molecule has 0 aliphatic rings. The van der Waals surface area contributed by atoms with Crippen LogP contribution in [0.4, 0.5) is 4.79 Å². The van der Waals surface area contributed by atoms with Gasteiger partial charge in [0, 0.05) is 6.04 Å². The van der Waals surface area contributed by atoms with Crippen LogP contribution >= 0.6 is 0 Å². The van der Waals surface area contributed by atoms with E-state index in [4.69, 9.17) is 5.73 Å². The van der Waals surface area contributed by atoms with E-state index in [2.05, 4.69) is 9.47 Å². The van der Waals surface area contributed by atoms with Crippen molar-refractivity contribution in [3.8, 4) is 0 Å². The molecule has 11 heavy (non-hydrogen) atoms. The molecule has 0 aromatic carbocycles. The zero-order valence-corrected chi connectivity index (χ0v) is 7.16. The van der Waals surface area contributed by atoms with Crippen LogP contribution < -0.4 is 5.73 Å². The number of nitrogens with two attached hydrogens (primary N) is 1. The first kappa shape index (κ1) is 10.2. The van der Waals surface area contributed by atoms with Crippen LogP contribution in [0.2, 0.25) is 0 Å². The molecule has 2 N–H and O–H groups in total. The Morgan fingerprint density at radius 3 is 2.45 bits per heavy atom. The van der Waals surface area contributed by atoms with Crippen LogP contribution in [-0.4, -0.2) is 25.9 Å². The van der Waals surface area contributed by atoms with E-state index in [9.17, 15) is 4.79 Å². The van der Waals surface area contributed by atoms with Crippen molar-refractivity contribution < 1.29 is 14.3 Å². The average molecular weight is 161 g/mol. The van der Waals surface area contributed by atoms with Crippen molar-refractivity contribution in [1.29, 1.82) is 0 Å². The Morgan fingerprint density at radius 2 is 2.09 bits per heavy atom. The fourth-order valence-electron chi connectivity index (χ4n) is 0.416. The number of carbonyl (C=O) groups excluding carboxylic acids is 1. The molecule has 0 saturated heterocycles. The third-order valence-electron chi connectivity index (χ3n) is 1.42. The molecule has 0 rings (SSSR count). The molecule has 0 aromatic heterocycles. The number of ether oxygens (including phenoxy) is 2. The summed E-state index contributed by atoms with van der Waals surface area (Å²) >= 11 is 0. The Morgan fingerprint density at radius 1 is 1.55 bits per heavy atom. The normalized spacial score (nSPS) is 12.8. The fourth-order valence-corrected chi connectivity index (χ4v) is 0.416. The van der Waals surface area contributed by atoms with Crippen molar-refractivity contribution in [3.63, 3.8) is 0 Å². The van der Waals surface area contributed by atoms with E-state index in [-0.39, 0.29) is 12.6 Å². The predicted octanol–water partition coefficient (Wildman–Crippen LogP) is 0.753. The third kappa shape index (κ3) is 4.61. The van der Waals surface area contributed by atoms with Gasteiger partial charge in [0.05, 0.1) is 7.11 Å². The van der Waals surface area contributed by atoms with Gasteiger partial charge in [-0.15, -0.1) is 0 Å². The van der Waals surface area contributed by atoms with Crippen molar-refractivity contribution in [3.05, 3.63) is 0 Å². The van der Waals surface area contributed by atoms with E-state index in [1.807, 2.05) is 13.8 Å². The monoisotopic (exact) mass is 161 g/mol. The van der Waals surface area contributed by atoms with Crippen molar-refractivity contribution in [2.45, 2.75) is 19.9 Å². The molecule has 0 aliphatic heterocycles. The summed E-state index contributed by atoms with van der Waals surface area (Å²) in [6, 6.07) is -0.117. The zero-order chi connectivity index (χ0) is 8.85. The highest BCUT2D eigenvalue weighted by Crippen LogP contribution is 1.98. The molecule has 0 aliphatic carbocycles. The van der Waals surface area contributed by atoms with Crippen LogP contribution in [0.3, 0.4) is 0 Å². The first-order valence-electron chi connectivity index (χ1n) is 3.54. The summed E-state index contributed by atoms with van der Waals surface area (Å²) in [7, 11) is 1.27. The maximum atomic E-state index is 10.4. The second-order valence-corrected chi connectivity index (χ2v) is 2.67. The minimum absolute atomic E-state index is 0.117. The molecule has 0 fully saturated rings. The average Bonchev–Trinajstić information content (AvgIpc) is 1.99. The summed E-state index contributed by atoms with van der Waals surface area (Å²) in [6.07, 6.45) is -0.680. The number of hydrogen-bond donors (Lipinski definition) is 1. The Bertz CT molecular complexity index is 125. The van der Waals surface area contributed by atoms with E-state index in [1.165, 1.54) is 7.11 Å². The van der Waals surface area contributed by atoms with Gasteiger partial charge in [0.15, 0.2) is 0 Å². The fraction of sp³-hybridized carbons (Fsp3) is 0.857. The van der Waals surface area contributed by atoms with E-state index in [1.54, 1.807) is 0 Å². The van der Waals surface area contributed by atoms with Gasteiger partial charge in [-0.2, -0.15) is 0 Å². The molecule has 0 heterocycles. The zero-order valence-electron chi connectivity index (χ0n) is 7.16. The maximum Gasteiger partial charge on any atom is 0.508 e. The highest BCUT2D eigenvalue weighted by Gasteiger charge is 2.10. The summed E-state index contributed by atoms with van der Waals surface area (Å²) in [5.74, 6) is 0.305. The van der Waals surface area contributed by atoms with Crippen LogP contribution in [-0.2, 0) is 9.47 Å². The lowest BCUT2D eigenvalue weighted by Crippen LogP contribution is -2.32. The lowest BCUT2D eigenvalue weighted by molar-refractivity contribution is 0.0644. The second kappa shape index (κ2) is 4.96. The van der Waals surface area contributed by atoms with E-state index >= 15 is 0 Å². The molecule has 0 bridgehead atoms. The van der Waals surface area contributed by atoms with Crippen molar-refractivity contribution in [1.82, 2.24) is 0 Å². The Hall–Kier alpha value is -0.770. The van der Waals surface area contributed by atoms with E-state index in [0.717, 1.165) is 0 Å². The van der Waals surface area contributed by atoms with Crippen LogP contribution in [0.25, 0.3) is 0 Å². The molecular formula is C7H15NO3. The third-order valence-corrected chi connectivity index (χ3v) is 1.42. The Labute approximate surface area is 66.7 Å². The van der Waals surface area contributed by atoms with Crippen molar-refractivity contribution >= 4 is 6.16 Å². The molecule has 0 aromatic rings. The predicted molar refractivity (Wildman–Crippen MR) is 41.2 cm³/mol. The largest absolute Gasteiger partial charge is 0.508 e. The molecule has 1 atom stereocenters. The number of carbonyl (C=O) groups is 1. The van der Waals surface area contributed by atoms with Gasteiger partial charge in [-0.3, -0.25) is 0 Å². The second-order valence-electron chi connectivity index (χ2n) is 2.67. The maximum absolute atomic E-state index is 10.4. The standard InChI is InChI=1S/C7H15NO3/c1-5(2)6(8)4-11-7(9)10-3/h5-6H,4,8H2,1-3H3. The van der Waals surface area contributed by atoms with Gasteiger partial charge >= 0.3 is 6.16 Å². The van der Waals surface area contributed by atoms with Gasteiger partial charge in [0.1, 0.15) is 6.61 Å². The number of rotatable bonds is 3. The molecule has 4 nitrogen and oxygen atoms in total. The summed E-state index contributed by atoms with van der Waals surface area (Å²) in [5, 5.41) is 0. The Balaban J connectivity index is 3.45. The summed E-state index contributed by atoms with van der Waals surface area (Å²) in [5.41, 5.74) is 5.59. The summed E-state index contributed by atoms with van der Waals surface area (Å²) in [6.45, 7) is 4.14. The minimum Gasteiger partial charge on any atom is -0.438 e. The number of hydrogen-bond acceptors (Lipinski definition) is 4. The molecule has 66 valence electrons.